The van der Waals surface area contributed by atoms with Crippen molar-refractivity contribution in [3.63, 3.8) is 0 Å². The second-order valence-electron chi connectivity index (χ2n) is 7.63. The van der Waals surface area contributed by atoms with Crippen molar-refractivity contribution in [2.24, 2.45) is 0 Å². The largest absolute Gasteiger partial charge is 0.165 e. The third-order valence-corrected chi connectivity index (χ3v) is 5.70. The number of hydrogen-bond acceptors (Lipinski definition) is 0. The number of fused-ring (bicyclic) bond motifs is 2. The molecular formula is C25H26Sc-2. The normalized spacial score (nSPS) is 11.2. The maximum Gasteiger partial charge on any atom is 0 e. The minimum absolute atomic E-state index is 0. The molecule has 0 aliphatic heterocycles. The van der Waals surface area contributed by atoms with Gasteiger partial charge < -0.3 is 0 Å². The molecule has 0 aliphatic carbocycles. The Bertz CT molecular complexity index is 895. The average molecular weight is 371 g/mol. The van der Waals surface area contributed by atoms with Gasteiger partial charge in [0.2, 0.25) is 0 Å². The fourth-order valence-electron chi connectivity index (χ4n) is 4.09. The van der Waals surface area contributed by atoms with Crippen LogP contribution in [0.2, 0.25) is 0 Å². The predicted molar refractivity (Wildman–Crippen MR) is 110 cm³/mol. The van der Waals surface area contributed by atoms with E-state index in [0.717, 1.165) is 12.8 Å². The number of rotatable bonds is 4. The van der Waals surface area contributed by atoms with Gasteiger partial charge in [-0.15, -0.1) is 68.1 Å². The third kappa shape index (κ3) is 3.51. The molecule has 1 radical (unpaired) electrons. The summed E-state index contributed by atoms with van der Waals surface area (Å²) < 4.78 is 0. The van der Waals surface area contributed by atoms with Crippen molar-refractivity contribution in [3.05, 3.63) is 81.9 Å². The zero-order chi connectivity index (χ0) is 17.6. The molecule has 0 nitrogen and oxygen atoms in total. The van der Waals surface area contributed by atoms with E-state index in [1.54, 1.807) is 0 Å². The Morgan fingerprint density at radius 1 is 0.615 bits per heavy atom. The molecule has 0 N–H and O–H groups in total. The standard InChI is InChI=1S/C25H26.Sc/c1-16-8-9-17(2)23-13-20(12-22(16)23)6-5-7-21-14-24-18(3)10-11-19(4)25(24)15-21;/h8-15H,5-7H2,1-4H3;/q-2;. The van der Waals surface area contributed by atoms with E-state index < -0.39 is 0 Å². The Balaban J connectivity index is 0.00000196. The van der Waals surface area contributed by atoms with E-state index in [1.807, 2.05) is 0 Å². The zero-order valence-corrected chi connectivity index (χ0v) is 18.1. The Hall–Kier alpha value is -1.47. The molecular weight excluding hydrogens is 345 g/mol. The van der Waals surface area contributed by atoms with Crippen molar-refractivity contribution < 1.29 is 25.8 Å². The van der Waals surface area contributed by atoms with Crippen LogP contribution in [0.5, 0.6) is 0 Å². The van der Waals surface area contributed by atoms with Crippen molar-refractivity contribution in [2.75, 3.05) is 0 Å². The minimum atomic E-state index is 0. The van der Waals surface area contributed by atoms with E-state index in [1.165, 1.54) is 61.3 Å². The molecule has 0 aliphatic rings. The van der Waals surface area contributed by atoms with Crippen LogP contribution in [0, 0.1) is 27.7 Å². The quantitative estimate of drug-likeness (QED) is 0.345. The van der Waals surface area contributed by atoms with Gasteiger partial charge in [-0.25, -0.2) is 0 Å². The summed E-state index contributed by atoms with van der Waals surface area (Å²) in [7, 11) is 0. The number of benzene rings is 2. The molecule has 4 rings (SSSR count). The molecule has 0 aromatic heterocycles. The fourth-order valence-corrected chi connectivity index (χ4v) is 4.09. The van der Waals surface area contributed by atoms with Gasteiger partial charge in [0.1, 0.15) is 0 Å². The van der Waals surface area contributed by atoms with Crippen LogP contribution in [0.4, 0.5) is 0 Å². The molecule has 0 unspecified atom stereocenters. The second-order valence-corrected chi connectivity index (χ2v) is 7.63. The molecule has 0 bridgehead atoms. The first kappa shape index (κ1) is 19.3. The molecule has 0 amide bonds. The smallest absolute Gasteiger partial charge is 0 e. The summed E-state index contributed by atoms with van der Waals surface area (Å²) in [4.78, 5) is 0. The first-order valence-corrected chi connectivity index (χ1v) is 9.34. The van der Waals surface area contributed by atoms with Crippen LogP contribution in [0.15, 0.2) is 48.5 Å². The minimum Gasteiger partial charge on any atom is -0.165 e. The van der Waals surface area contributed by atoms with Crippen molar-refractivity contribution >= 4 is 21.5 Å². The molecule has 0 fully saturated rings. The van der Waals surface area contributed by atoms with Crippen LogP contribution in [-0.4, -0.2) is 0 Å². The van der Waals surface area contributed by atoms with E-state index in [9.17, 15) is 0 Å². The van der Waals surface area contributed by atoms with E-state index in [-0.39, 0.29) is 25.8 Å². The van der Waals surface area contributed by atoms with Crippen LogP contribution in [0.1, 0.15) is 39.8 Å². The fraction of sp³-hybridized carbons (Fsp3) is 0.280. The molecule has 1 heteroatoms. The number of aryl methyl sites for hydroxylation is 6. The maximum absolute atomic E-state index is 2.40. The van der Waals surface area contributed by atoms with Crippen LogP contribution >= 0.6 is 0 Å². The van der Waals surface area contributed by atoms with Crippen molar-refractivity contribution in [1.29, 1.82) is 0 Å². The maximum atomic E-state index is 2.40. The molecule has 131 valence electrons. The van der Waals surface area contributed by atoms with E-state index in [0.29, 0.717) is 0 Å². The van der Waals surface area contributed by atoms with E-state index in [4.69, 9.17) is 0 Å². The first-order chi connectivity index (χ1) is 12.0. The molecule has 0 saturated heterocycles. The summed E-state index contributed by atoms with van der Waals surface area (Å²) >= 11 is 0. The predicted octanol–water partition coefficient (Wildman–Crippen LogP) is 6.84. The molecule has 4 aromatic carbocycles. The van der Waals surface area contributed by atoms with Crippen LogP contribution in [-0.2, 0) is 38.7 Å². The first-order valence-electron chi connectivity index (χ1n) is 9.34. The Morgan fingerprint density at radius 2 is 1.00 bits per heavy atom. The molecule has 0 spiro atoms. The molecule has 0 atom stereocenters. The van der Waals surface area contributed by atoms with Gasteiger partial charge in [0.05, 0.1) is 0 Å². The Kier molecular flexibility index (Phi) is 5.67. The summed E-state index contributed by atoms with van der Waals surface area (Å²) in [6, 6.07) is 18.5. The summed E-state index contributed by atoms with van der Waals surface area (Å²) in [6.07, 6.45) is 3.53. The molecule has 26 heavy (non-hydrogen) atoms. The third-order valence-electron chi connectivity index (χ3n) is 5.70. The summed E-state index contributed by atoms with van der Waals surface area (Å²) in [5, 5.41) is 5.72. The van der Waals surface area contributed by atoms with E-state index in [2.05, 4.69) is 76.2 Å². The topological polar surface area (TPSA) is 0 Å². The molecule has 0 heterocycles. The number of hydrogen-bond donors (Lipinski definition) is 0. The SMILES string of the molecule is Cc1ccc(C)c2[cH-]c(CCCc3cc4c(C)ccc(C)c4[cH-]3)cc12.[Sc]. The van der Waals surface area contributed by atoms with Gasteiger partial charge in [-0.1, -0.05) is 37.1 Å². The molecule has 4 aromatic rings. The van der Waals surface area contributed by atoms with Crippen LogP contribution in [0.25, 0.3) is 21.5 Å². The monoisotopic (exact) mass is 371 g/mol. The second kappa shape index (κ2) is 7.64. The zero-order valence-electron chi connectivity index (χ0n) is 16.3. The van der Waals surface area contributed by atoms with Crippen molar-refractivity contribution in [2.45, 2.75) is 47.0 Å². The van der Waals surface area contributed by atoms with Gasteiger partial charge in [0, 0.05) is 25.8 Å². The van der Waals surface area contributed by atoms with Crippen LogP contribution in [0.3, 0.4) is 0 Å². The van der Waals surface area contributed by atoms with Gasteiger partial charge in [-0.05, 0) is 33.1 Å². The van der Waals surface area contributed by atoms with Gasteiger partial charge in [-0.2, -0.15) is 12.1 Å². The summed E-state index contributed by atoms with van der Waals surface area (Å²) in [6.45, 7) is 8.86. The Labute approximate surface area is 175 Å². The summed E-state index contributed by atoms with van der Waals surface area (Å²) in [5.41, 5.74) is 8.52. The van der Waals surface area contributed by atoms with Crippen molar-refractivity contribution in [1.82, 2.24) is 0 Å². The van der Waals surface area contributed by atoms with E-state index >= 15 is 0 Å². The van der Waals surface area contributed by atoms with Crippen LogP contribution < -0.4 is 0 Å². The summed E-state index contributed by atoms with van der Waals surface area (Å²) in [5.74, 6) is 0. The van der Waals surface area contributed by atoms with Crippen molar-refractivity contribution in [3.8, 4) is 0 Å². The van der Waals surface area contributed by atoms with Gasteiger partial charge >= 0.3 is 0 Å². The van der Waals surface area contributed by atoms with Gasteiger partial charge in [-0.3, -0.25) is 0 Å². The molecule has 0 saturated carbocycles. The van der Waals surface area contributed by atoms with Gasteiger partial charge in [0.15, 0.2) is 0 Å². The average Bonchev–Trinajstić information content (AvgIpc) is 3.21. The Morgan fingerprint density at radius 3 is 1.38 bits per heavy atom. The van der Waals surface area contributed by atoms with Gasteiger partial charge in [0.25, 0.3) is 0 Å².